The summed E-state index contributed by atoms with van der Waals surface area (Å²) < 4.78 is 0. The van der Waals surface area contributed by atoms with Crippen LogP contribution < -0.4 is 0 Å². The maximum Gasteiger partial charge on any atom is 0.0919 e. The number of rotatable bonds is 4. The van der Waals surface area contributed by atoms with Crippen molar-refractivity contribution in [2.24, 2.45) is 11.8 Å². The molecule has 1 fully saturated rings. The molecular formula is C19H31NO. The van der Waals surface area contributed by atoms with Crippen LogP contribution in [0.25, 0.3) is 0 Å². The predicted octanol–water partition coefficient (Wildman–Crippen LogP) is 4.09. The molecule has 2 rings (SSSR count). The second-order valence-electron chi connectivity index (χ2n) is 7.11. The predicted molar refractivity (Wildman–Crippen MR) is 89.5 cm³/mol. The molecule has 0 aromatic heterocycles. The summed E-state index contributed by atoms with van der Waals surface area (Å²) in [6, 6.07) is 6.37. The minimum atomic E-state index is -0.361. The number of likely N-dealkylation sites (tertiary alicyclic amines) is 1. The summed E-state index contributed by atoms with van der Waals surface area (Å²) in [6.45, 7) is 11.9. The van der Waals surface area contributed by atoms with Gasteiger partial charge in [0.15, 0.2) is 0 Å². The Morgan fingerprint density at radius 2 is 1.95 bits per heavy atom. The van der Waals surface area contributed by atoms with Gasteiger partial charge in [0.1, 0.15) is 0 Å². The van der Waals surface area contributed by atoms with E-state index in [4.69, 9.17) is 0 Å². The van der Waals surface area contributed by atoms with Crippen LogP contribution in [0.1, 0.15) is 55.9 Å². The van der Waals surface area contributed by atoms with Gasteiger partial charge in [-0.25, -0.2) is 0 Å². The molecule has 1 aromatic carbocycles. The Balaban J connectivity index is 1.96. The van der Waals surface area contributed by atoms with Crippen LogP contribution in [0.4, 0.5) is 0 Å². The molecule has 0 aliphatic carbocycles. The van der Waals surface area contributed by atoms with Gasteiger partial charge in [-0.05, 0) is 69.2 Å². The molecular weight excluding hydrogens is 258 g/mol. The van der Waals surface area contributed by atoms with E-state index in [0.717, 1.165) is 37.0 Å². The molecule has 2 unspecified atom stereocenters. The summed E-state index contributed by atoms with van der Waals surface area (Å²) in [5.74, 6) is 1.64. The molecule has 0 saturated carbocycles. The van der Waals surface area contributed by atoms with Crippen molar-refractivity contribution in [2.45, 2.75) is 53.1 Å². The highest BCUT2D eigenvalue weighted by Gasteiger charge is 2.21. The van der Waals surface area contributed by atoms with E-state index in [9.17, 15) is 5.11 Å². The van der Waals surface area contributed by atoms with Gasteiger partial charge in [-0.3, -0.25) is 0 Å². The van der Waals surface area contributed by atoms with E-state index in [2.05, 4.69) is 50.8 Å². The largest absolute Gasteiger partial charge is 0.387 e. The molecule has 0 amide bonds. The van der Waals surface area contributed by atoms with Crippen molar-refractivity contribution >= 4 is 0 Å². The van der Waals surface area contributed by atoms with Gasteiger partial charge in [-0.15, -0.1) is 0 Å². The maximum absolute atomic E-state index is 10.6. The third kappa shape index (κ3) is 4.55. The summed E-state index contributed by atoms with van der Waals surface area (Å²) in [7, 11) is 0. The van der Waals surface area contributed by atoms with Gasteiger partial charge in [-0.1, -0.05) is 37.6 Å². The molecule has 1 aromatic rings. The molecule has 0 radical (unpaired) electrons. The first kappa shape index (κ1) is 16.5. The third-order valence-corrected chi connectivity index (χ3v) is 5.03. The number of hydrogen-bond acceptors (Lipinski definition) is 2. The fourth-order valence-electron chi connectivity index (χ4n) is 3.49. The average molecular weight is 289 g/mol. The van der Waals surface area contributed by atoms with Crippen molar-refractivity contribution in [2.75, 3.05) is 19.6 Å². The average Bonchev–Trinajstić information content (AvgIpc) is 2.67. The van der Waals surface area contributed by atoms with Crippen molar-refractivity contribution in [1.82, 2.24) is 4.90 Å². The number of aliphatic hydroxyl groups is 1. The van der Waals surface area contributed by atoms with E-state index in [0.29, 0.717) is 0 Å². The lowest BCUT2D eigenvalue weighted by Gasteiger charge is -2.25. The van der Waals surface area contributed by atoms with Crippen LogP contribution in [0.3, 0.4) is 0 Å². The quantitative estimate of drug-likeness (QED) is 0.902. The highest BCUT2D eigenvalue weighted by Crippen LogP contribution is 2.26. The lowest BCUT2D eigenvalue weighted by molar-refractivity contribution is 0.113. The fraction of sp³-hybridized carbons (Fsp3) is 0.684. The maximum atomic E-state index is 10.6. The van der Waals surface area contributed by atoms with Gasteiger partial charge >= 0.3 is 0 Å². The van der Waals surface area contributed by atoms with E-state index in [-0.39, 0.29) is 6.10 Å². The minimum absolute atomic E-state index is 0.361. The lowest BCUT2D eigenvalue weighted by Crippen LogP contribution is -2.30. The molecule has 0 bridgehead atoms. The summed E-state index contributed by atoms with van der Waals surface area (Å²) in [6.07, 6.45) is 3.52. The Bertz CT molecular complexity index is 455. The summed E-state index contributed by atoms with van der Waals surface area (Å²) >= 11 is 0. The monoisotopic (exact) mass is 289 g/mol. The summed E-state index contributed by atoms with van der Waals surface area (Å²) in [4.78, 5) is 2.45. The van der Waals surface area contributed by atoms with E-state index in [1.807, 2.05) is 0 Å². The van der Waals surface area contributed by atoms with Crippen LogP contribution in [-0.2, 0) is 0 Å². The van der Waals surface area contributed by atoms with E-state index in [1.165, 1.54) is 30.4 Å². The van der Waals surface area contributed by atoms with Crippen molar-refractivity contribution in [3.8, 4) is 0 Å². The summed E-state index contributed by atoms with van der Waals surface area (Å²) in [5, 5.41) is 10.6. The highest BCUT2D eigenvalue weighted by molar-refractivity contribution is 5.32. The van der Waals surface area contributed by atoms with Gasteiger partial charge in [0, 0.05) is 6.54 Å². The number of hydrogen-bond donors (Lipinski definition) is 1. The zero-order chi connectivity index (χ0) is 15.4. The minimum Gasteiger partial charge on any atom is -0.387 e. The third-order valence-electron chi connectivity index (χ3n) is 5.03. The fourth-order valence-corrected chi connectivity index (χ4v) is 3.49. The summed E-state index contributed by atoms with van der Waals surface area (Å²) in [5.41, 5.74) is 3.52. The lowest BCUT2D eigenvalue weighted by atomic mass is 9.89. The zero-order valence-corrected chi connectivity index (χ0v) is 14.1. The van der Waals surface area contributed by atoms with E-state index >= 15 is 0 Å². The molecule has 1 saturated heterocycles. The van der Waals surface area contributed by atoms with Crippen LogP contribution in [0.5, 0.6) is 0 Å². The van der Waals surface area contributed by atoms with Gasteiger partial charge < -0.3 is 10.0 Å². The molecule has 2 atom stereocenters. The van der Waals surface area contributed by atoms with Gasteiger partial charge in [0.05, 0.1) is 6.10 Å². The first-order valence-electron chi connectivity index (χ1n) is 8.45. The Morgan fingerprint density at radius 1 is 1.19 bits per heavy atom. The van der Waals surface area contributed by atoms with Gasteiger partial charge in [-0.2, -0.15) is 0 Å². The van der Waals surface area contributed by atoms with Gasteiger partial charge in [0.2, 0.25) is 0 Å². The second kappa shape index (κ2) is 7.42. The number of aliphatic hydroxyl groups excluding tert-OH is 1. The first-order chi connectivity index (χ1) is 9.97. The van der Waals surface area contributed by atoms with Crippen molar-refractivity contribution < 1.29 is 5.11 Å². The number of benzene rings is 1. The van der Waals surface area contributed by atoms with Gasteiger partial charge in [0.25, 0.3) is 0 Å². The van der Waals surface area contributed by atoms with Crippen LogP contribution >= 0.6 is 0 Å². The van der Waals surface area contributed by atoms with Crippen LogP contribution in [0, 0.1) is 25.7 Å². The molecule has 0 spiro atoms. The molecule has 1 aliphatic heterocycles. The zero-order valence-electron chi connectivity index (χ0n) is 14.1. The molecule has 21 heavy (non-hydrogen) atoms. The molecule has 2 heteroatoms. The standard InChI is InChI=1S/C19H31NO/c1-14(2)17-6-5-10-20(11-9-17)13-19(21)18-12-15(3)7-8-16(18)4/h7-8,12,14,17,19,21H,5-6,9-11,13H2,1-4H3. The first-order valence-corrected chi connectivity index (χ1v) is 8.45. The normalized spacial score (nSPS) is 22.3. The molecule has 2 nitrogen and oxygen atoms in total. The molecule has 118 valence electrons. The molecule has 1 aliphatic rings. The number of nitrogens with zero attached hydrogens (tertiary/aromatic N) is 1. The molecule has 1 heterocycles. The van der Waals surface area contributed by atoms with Crippen molar-refractivity contribution in [3.05, 3.63) is 34.9 Å². The molecule has 1 N–H and O–H groups in total. The topological polar surface area (TPSA) is 23.5 Å². The number of β-amino-alcohol motifs (C(OH)–C–C–N with tert-alkyl or cyclic N) is 1. The van der Waals surface area contributed by atoms with E-state index < -0.39 is 0 Å². The second-order valence-corrected chi connectivity index (χ2v) is 7.11. The highest BCUT2D eigenvalue weighted by atomic mass is 16.3. The van der Waals surface area contributed by atoms with Crippen molar-refractivity contribution in [3.63, 3.8) is 0 Å². The number of aryl methyl sites for hydroxylation is 2. The van der Waals surface area contributed by atoms with Crippen LogP contribution in [0.15, 0.2) is 18.2 Å². The Morgan fingerprint density at radius 3 is 2.67 bits per heavy atom. The Kier molecular flexibility index (Phi) is 5.83. The van der Waals surface area contributed by atoms with E-state index in [1.54, 1.807) is 0 Å². The SMILES string of the molecule is Cc1ccc(C)c(C(O)CN2CCCC(C(C)C)CC2)c1. The smallest absolute Gasteiger partial charge is 0.0919 e. The van der Waals surface area contributed by atoms with Crippen LogP contribution in [-0.4, -0.2) is 29.6 Å². The Hall–Kier alpha value is -0.860. The van der Waals surface area contributed by atoms with Crippen LogP contribution in [0.2, 0.25) is 0 Å². The Labute approximate surface area is 130 Å². The van der Waals surface area contributed by atoms with Crippen molar-refractivity contribution in [1.29, 1.82) is 0 Å².